The van der Waals surface area contributed by atoms with Crippen molar-refractivity contribution in [3.8, 4) is 11.5 Å². The Balaban J connectivity index is 1.56. The lowest BCUT2D eigenvalue weighted by Crippen LogP contribution is -2.45. The highest BCUT2D eigenvalue weighted by molar-refractivity contribution is 5.94. The van der Waals surface area contributed by atoms with E-state index < -0.39 is 11.4 Å². The number of H-pyrrole nitrogens is 1. The number of furan rings is 1. The Kier molecular flexibility index (Phi) is 3.64. The first kappa shape index (κ1) is 15.9. The van der Waals surface area contributed by atoms with E-state index in [1.165, 1.54) is 0 Å². The predicted octanol–water partition coefficient (Wildman–Crippen LogP) is 1.54. The molecule has 4 rings (SSSR count). The van der Waals surface area contributed by atoms with Crippen molar-refractivity contribution < 1.29 is 23.8 Å². The van der Waals surface area contributed by atoms with Crippen LogP contribution in [0, 0.1) is 18.3 Å². The number of hydrogen-bond donors (Lipinski definition) is 2. The molecule has 8 nitrogen and oxygen atoms in total. The van der Waals surface area contributed by atoms with Gasteiger partial charge in [0, 0.05) is 31.7 Å². The minimum Gasteiger partial charge on any atom is -0.481 e. The SMILES string of the molecule is Cc1ccc(-c2cc(C(=O)N3C[C@H]4COCC[C@@]4(C(=O)O)C3)n[nH]2)o1. The molecule has 2 aliphatic rings. The molecule has 8 heteroatoms. The second-order valence-electron chi connectivity index (χ2n) is 6.75. The number of aryl methyl sites for hydroxylation is 1. The molecule has 132 valence electrons. The van der Waals surface area contributed by atoms with Gasteiger partial charge in [0.25, 0.3) is 5.91 Å². The molecular formula is C17H19N3O5. The van der Waals surface area contributed by atoms with E-state index in [2.05, 4.69) is 10.2 Å². The van der Waals surface area contributed by atoms with Crippen LogP contribution in [0.2, 0.25) is 0 Å². The van der Waals surface area contributed by atoms with Crippen LogP contribution in [0.4, 0.5) is 0 Å². The van der Waals surface area contributed by atoms with Crippen molar-refractivity contribution in [2.24, 2.45) is 11.3 Å². The molecule has 2 aromatic heterocycles. The Morgan fingerprint density at radius 1 is 1.44 bits per heavy atom. The van der Waals surface area contributed by atoms with Crippen molar-refractivity contribution in [3.05, 3.63) is 29.7 Å². The van der Waals surface area contributed by atoms with Crippen LogP contribution in [-0.4, -0.2) is 58.4 Å². The van der Waals surface area contributed by atoms with E-state index in [0.717, 1.165) is 5.76 Å². The average Bonchev–Trinajstić information content (AvgIpc) is 3.31. The Bertz CT molecular complexity index is 826. The van der Waals surface area contributed by atoms with Crippen molar-refractivity contribution in [2.75, 3.05) is 26.3 Å². The quantitative estimate of drug-likeness (QED) is 0.873. The summed E-state index contributed by atoms with van der Waals surface area (Å²) in [5, 5.41) is 16.6. The number of amides is 1. The molecule has 0 spiro atoms. The number of carbonyl (C=O) groups excluding carboxylic acids is 1. The molecule has 0 radical (unpaired) electrons. The molecule has 0 aromatic carbocycles. The predicted molar refractivity (Wildman–Crippen MR) is 85.9 cm³/mol. The lowest BCUT2D eigenvalue weighted by Gasteiger charge is -2.33. The summed E-state index contributed by atoms with van der Waals surface area (Å²) in [6.45, 7) is 3.18. The number of fused-ring (bicyclic) bond motifs is 1. The molecule has 0 unspecified atom stereocenters. The first-order valence-corrected chi connectivity index (χ1v) is 8.22. The number of likely N-dealkylation sites (tertiary alicyclic amines) is 1. The van der Waals surface area contributed by atoms with Crippen molar-refractivity contribution in [1.29, 1.82) is 0 Å². The number of carbonyl (C=O) groups is 2. The number of aromatic amines is 1. The Morgan fingerprint density at radius 3 is 2.96 bits per heavy atom. The Hall–Kier alpha value is -2.61. The molecule has 2 atom stereocenters. The van der Waals surface area contributed by atoms with Gasteiger partial charge in [0.2, 0.25) is 0 Å². The van der Waals surface area contributed by atoms with Gasteiger partial charge in [-0.3, -0.25) is 14.7 Å². The lowest BCUT2D eigenvalue weighted by molar-refractivity contribution is -0.157. The number of nitrogens with one attached hydrogen (secondary N) is 1. The number of aliphatic carboxylic acids is 1. The van der Waals surface area contributed by atoms with Gasteiger partial charge in [-0.05, 0) is 25.5 Å². The Morgan fingerprint density at radius 2 is 2.28 bits per heavy atom. The molecule has 2 fully saturated rings. The third kappa shape index (κ3) is 2.53. The molecule has 0 saturated carbocycles. The van der Waals surface area contributed by atoms with E-state index in [9.17, 15) is 14.7 Å². The van der Waals surface area contributed by atoms with E-state index in [4.69, 9.17) is 9.15 Å². The van der Waals surface area contributed by atoms with Crippen LogP contribution in [0.5, 0.6) is 0 Å². The maximum atomic E-state index is 12.8. The van der Waals surface area contributed by atoms with Gasteiger partial charge >= 0.3 is 5.97 Å². The van der Waals surface area contributed by atoms with Crippen LogP contribution < -0.4 is 0 Å². The van der Waals surface area contributed by atoms with Crippen molar-refractivity contribution in [3.63, 3.8) is 0 Å². The van der Waals surface area contributed by atoms with Crippen LogP contribution in [0.15, 0.2) is 22.6 Å². The number of aromatic nitrogens is 2. The smallest absolute Gasteiger partial charge is 0.311 e. The number of ether oxygens (including phenoxy) is 1. The van der Waals surface area contributed by atoms with E-state index in [1.807, 2.05) is 13.0 Å². The van der Waals surface area contributed by atoms with Crippen LogP contribution in [0.3, 0.4) is 0 Å². The molecule has 2 N–H and O–H groups in total. The van der Waals surface area contributed by atoms with Crippen molar-refractivity contribution in [1.82, 2.24) is 15.1 Å². The first-order chi connectivity index (χ1) is 12.0. The highest BCUT2D eigenvalue weighted by atomic mass is 16.5. The summed E-state index contributed by atoms with van der Waals surface area (Å²) >= 11 is 0. The largest absolute Gasteiger partial charge is 0.481 e. The van der Waals surface area contributed by atoms with Gasteiger partial charge in [-0.2, -0.15) is 5.10 Å². The highest BCUT2D eigenvalue weighted by Gasteiger charge is 2.55. The third-order valence-corrected chi connectivity index (χ3v) is 5.22. The van der Waals surface area contributed by atoms with Gasteiger partial charge in [0.15, 0.2) is 11.5 Å². The molecule has 1 amide bonds. The zero-order valence-corrected chi connectivity index (χ0v) is 13.8. The number of hydrogen-bond acceptors (Lipinski definition) is 5. The Labute approximate surface area is 143 Å². The summed E-state index contributed by atoms with van der Waals surface area (Å²) in [5.74, 6) is 0.0542. The number of carboxylic acids is 1. The second-order valence-corrected chi connectivity index (χ2v) is 6.75. The molecular weight excluding hydrogens is 326 g/mol. The highest BCUT2D eigenvalue weighted by Crippen LogP contribution is 2.42. The average molecular weight is 345 g/mol. The summed E-state index contributed by atoms with van der Waals surface area (Å²) in [6, 6.07) is 5.27. The number of carboxylic acid groups (broad SMARTS) is 1. The van der Waals surface area contributed by atoms with Crippen LogP contribution in [0.1, 0.15) is 22.7 Å². The van der Waals surface area contributed by atoms with E-state index in [1.54, 1.807) is 17.0 Å². The van der Waals surface area contributed by atoms with Crippen LogP contribution >= 0.6 is 0 Å². The summed E-state index contributed by atoms with van der Waals surface area (Å²) in [7, 11) is 0. The minimum atomic E-state index is -0.912. The van der Waals surface area contributed by atoms with Gasteiger partial charge in [-0.15, -0.1) is 0 Å². The molecule has 0 bridgehead atoms. The van der Waals surface area contributed by atoms with E-state index in [0.29, 0.717) is 37.6 Å². The monoisotopic (exact) mass is 345 g/mol. The van der Waals surface area contributed by atoms with Gasteiger partial charge < -0.3 is 19.2 Å². The topological polar surface area (TPSA) is 109 Å². The molecule has 2 aliphatic heterocycles. The van der Waals surface area contributed by atoms with Gasteiger partial charge in [-0.1, -0.05) is 0 Å². The third-order valence-electron chi connectivity index (χ3n) is 5.22. The van der Waals surface area contributed by atoms with E-state index >= 15 is 0 Å². The van der Waals surface area contributed by atoms with E-state index in [-0.39, 0.29) is 24.1 Å². The van der Waals surface area contributed by atoms with Gasteiger partial charge in [0.1, 0.15) is 11.5 Å². The van der Waals surface area contributed by atoms with Crippen LogP contribution in [0.25, 0.3) is 11.5 Å². The maximum Gasteiger partial charge on any atom is 0.311 e. The fraction of sp³-hybridized carbons (Fsp3) is 0.471. The fourth-order valence-electron chi connectivity index (χ4n) is 3.75. The molecule has 0 aliphatic carbocycles. The van der Waals surface area contributed by atoms with Gasteiger partial charge in [-0.25, -0.2) is 0 Å². The van der Waals surface area contributed by atoms with Crippen LogP contribution in [-0.2, 0) is 9.53 Å². The molecule has 2 aromatic rings. The van der Waals surface area contributed by atoms with Crippen molar-refractivity contribution in [2.45, 2.75) is 13.3 Å². The normalized spacial score (nSPS) is 25.8. The second kappa shape index (κ2) is 5.73. The molecule has 25 heavy (non-hydrogen) atoms. The summed E-state index contributed by atoms with van der Waals surface area (Å²) in [4.78, 5) is 26.2. The maximum absolute atomic E-state index is 12.8. The number of rotatable bonds is 3. The fourth-order valence-corrected chi connectivity index (χ4v) is 3.75. The zero-order valence-electron chi connectivity index (χ0n) is 13.8. The number of nitrogens with zero attached hydrogens (tertiary/aromatic N) is 2. The summed E-state index contributed by atoms with van der Waals surface area (Å²) < 4.78 is 10.9. The zero-order chi connectivity index (χ0) is 17.6. The first-order valence-electron chi connectivity index (χ1n) is 8.22. The summed E-state index contributed by atoms with van der Waals surface area (Å²) in [6.07, 6.45) is 0.425. The molecule has 4 heterocycles. The summed E-state index contributed by atoms with van der Waals surface area (Å²) in [5.41, 5.74) is -0.0426. The molecule has 2 saturated heterocycles. The van der Waals surface area contributed by atoms with Gasteiger partial charge in [0.05, 0.1) is 12.0 Å². The minimum absolute atomic E-state index is 0.186. The lowest BCUT2D eigenvalue weighted by atomic mass is 9.74. The standard InChI is InChI=1S/C17H19N3O5/c1-10-2-3-14(25-10)12-6-13(19-18-12)15(21)20-7-11-8-24-5-4-17(11,9-20)16(22)23/h2-3,6,11H,4-5,7-9H2,1H3,(H,18,19)(H,22,23)/t11-,17+/m0/s1. The van der Waals surface area contributed by atoms with Crippen molar-refractivity contribution >= 4 is 11.9 Å².